The fourth-order valence-electron chi connectivity index (χ4n) is 1.99. The summed E-state index contributed by atoms with van der Waals surface area (Å²) in [6, 6.07) is 0. The van der Waals surface area contributed by atoms with Crippen LogP contribution in [0.4, 0.5) is 4.79 Å². The maximum atomic E-state index is 12.0. The number of carbonyl (C=O) groups excluding carboxylic acids is 1. The van der Waals surface area contributed by atoms with Gasteiger partial charge < -0.3 is 9.64 Å². The predicted molar refractivity (Wildman–Crippen MR) is 92.5 cm³/mol. The molecule has 0 unspecified atom stereocenters. The highest BCUT2D eigenvalue weighted by molar-refractivity contribution is 6.12. The predicted octanol–water partition coefficient (Wildman–Crippen LogP) is 1.99. The van der Waals surface area contributed by atoms with Crippen molar-refractivity contribution in [3.8, 4) is 11.8 Å². The van der Waals surface area contributed by atoms with Crippen LogP contribution in [0.1, 0.15) is 20.8 Å². The molecule has 0 radical (unpaired) electrons. The fourth-order valence-corrected chi connectivity index (χ4v) is 2.11. The highest BCUT2D eigenvalue weighted by atomic mass is 35.5. The third kappa shape index (κ3) is 7.60. The van der Waals surface area contributed by atoms with Crippen molar-refractivity contribution < 1.29 is 9.53 Å². The summed E-state index contributed by atoms with van der Waals surface area (Å²) in [5.41, 5.74) is -0.452. The monoisotopic (exact) mass is 342 g/mol. The Morgan fingerprint density at radius 2 is 1.91 bits per heavy atom. The van der Waals surface area contributed by atoms with E-state index in [2.05, 4.69) is 23.3 Å². The van der Waals surface area contributed by atoms with Crippen LogP contribution in [-0.2, 0) is 4.74 Å². The van der Waals surface area contributed by atoms with E-state index in [0.29, 0.717) is 26.2 Å². The van der Waals surface area contributed by atoms with Gasteiger partial charge in [0, 0.05) is 39.4 Å². The van der Waals surface area contributed by atoms with E-state index in [1.165, 1.54) is 4.53 Å². The van der Waals surface area contributed by atoms with Crippen molar-refractivity contribution in [3.05, 3.63) is 12.8 Å². The van der Waals surface area contributed by atoms with E-state index in [0.717, 1.165) is 13.1 Å². The van der Waals surface area contributed by atoms with Gasteiger partial charge in [0.25, 0.3) is 0 Å². The molecule has 0 N–H and O–H groups in total. The first-order valence-corrected chi connectivity index (χ1v) is 8.01. The van der Waals surface area contributed by atoms with Gasteiger partial charge in [-0.15, -0.1) is 4.53 Å². The second-order valence-electron chi connectivity index (χ2n) is 6.32. The fraction of sp³-hybridized carbons (Fsp3) is 0.688. The average molecular weight is 343 g/mol. The van der Waals surface area contributed by atoms with Gasteiger partial charge in [-0.05, 0) is 32.5 Å². The van der Waals surface area contributed by atoms with E-state index < -0.39 is 5.60 Å². The molecular formula is C16H27ClN4O2. The van der Waals surface area contributed by atoms with Gasteiger partial charge >= 0.3 is 6.09 Å². The molecule has 23 heavy (non-hydrogen) atoms. The number of nitrogens with zero attached hydrogens (tertiary/aromatic N) is 4. The van der Waals surface area contributed by atoms with Crippen molar-refractivity contribution in [3.63, 3.8) is 0 Å². The van der Waals surface area contributed by atoms with Crippen molar-refractivity contribution in [2.45, 2.75) is 26.4 Å². The number of amides is 1. The molecule has 1 amide bonds. The summed E-state index contributed by atoms with van der Waals surface area (Å²) in [5.74, 6) is 6.19. The molecule has 7 heteroatoms. The van der Waals surface area contributed by atoms with E-state index in [-0.39, 0.29) is 6.09 Å². The lowest BCUT2D eigenvalue weighted by Crippen LogP contribution is -2.50. The highest BCUT2D eigenvalue weighted by Crippen LogP contribution is 2.11. The Balaban J connectivity index is 2.32. The molecule has 0 spiro atoms. The number of hydrogen-bond donors (Lipinski definition) is 0. The Bertz CT molecular complexity index is 457. The Hall–Kier alpha value is -1.42. The van der Waals surface area contributed by atoms with Crippen LogP contribution in [0.25, 0.3) is 0 Å². The first-order valence-electron chi connectivity index (χ1n) is 7.67. The van der Waals surface area contributed by atoms with E-state index >= 15 is 0 Å². The number of rotatable bonds is 4. The van der Waals surface area contributed by atoms with Gasteiger partial charge in [0.1, 0.15) is 5.60 Å². The minimum Gasteiger partial charge on any atom is -0.444 e. The zero-order valence-corrected chi connectivity index (χ0v) is 15.3. The Labute approximate surface area is 144 Å². The number of piperazine rings is 1. The molecule has 0 atom stereocenters. The SMILES string of the molecule is C=CN(CC#CCN1CCN(C(=O)OC(C)(C)C)CC1)N(C)Cl. The standard InChI is InChI=1S/C16H27ClN4O2/c1-6-21(18(5)17)10-8-7-9-19-11-13-20(14-12-19)15(22)23-16(2,3)4/h6H,1,9-14H2,2-5H3. The minimum atomic E-state index is -0.452. The van der Waals surface area contributed by atoms with Crippen LogP contribution in [0.2, 0.25) is 0 Å². The summed E-state index contributed by atoms with van der Waals surface area (Å²) in [5, 5.41) is 1.70. The Morgan fingerprint density at radius 1 is 1.30 bits per heavy atom. The summed E-state index contributed by atoms with van der Waals surface area (Å²) in [6.07, 6.45) is 1.39. The number of halogens is 1. The molecule has 130 valence electrons. The quantitative estimate of drug-likeness (QED) is 0.444. The molecule has 0 aliphatic carbocycles. The Kier molecular flexibility index (Phi) is 7.69. The largest absolute Gasteiger partial charge is 0.444 e. The first kappa shape index (κ1) is 19.6. The Morgan fingerprint density at radius 3 is 2.39 bits per heavy atom. The van der Waals surface area contributed by atoms with E-state index in [1.54, 1.807) is 23.2 Å². The van der Waals surface area contributed by atoms with Crippen LogP contribution in [0.3, 0.4) is 0 Å². The summed E-state index contributed by atoms with van der Waals surface area (Å²) >= 11 is 5.82. The summed E-state index contributed by atoms with van der Waals surface area (Å²) in [7, 11) is 1.72. The third-order valence-corrected chi connectivity index (χ3v) is 3.45. The zero-order chi connectivity index (χ0) is 17.5. The molecule has 1 saturated heterocycles. The minimum absolute atomic E-state index is 0.241. The molecule has 1 aliphatic rings. The van der Waals surface area contributed by atoms with E-state index in [1.807, 2.05) is 20.8 Å². The summed E-state index contributed by atoms with van der Waals surface area (Å²) in [4.78, 5) is 15.9. The van der Waals surface area contributed by atoms with Crippen molar-refractivity contribution in [2.75, 3.05) is 46.3 Å². The van der Waals surface area contributed by atoms with Crippen LogP contribution in [0, 0.1) is 11.8 Å². The van der Waals surface area contributed by atoms with Gasteiger partial charge in [0.05, 0.1) is 13.1 Å². The number of hydrogen-bond acceptors (Lipinski definition) is 5. The number of ether oxygens (including phenoxy) is 1. The smallest absolute Gasteiger partial charge is 0.410 e. The molecule has 1 fully saturated rings. The lowest BCUT2D eigenvalue weighted by Gasteiger charge is -2.34. The average Bonchev–Trinajstić information content (AvgIpc) is 2.45. The van der Waals surface area contributed by atoms with Gasteiger partial charge in [-0.3, -0.25) is 9.91 Å². The topological polar surface area (TPSA) is 39.3 Å². The van der Waals surface area contributed by atoms with Crippen molar-refractivity contribution >= 4 is 17.9 Å². The second kappa shape index (κ2) is 9.02. The molecule has 1 rings (SSSR count). The van der Waals surface area contributed by atoms with E-state index in [9.17, 15) is 4.79 Å². The van der Waals surface area contributed by atoms with Crippen molar-refractivity contribution in [2.24, 2.45) is 0 Å². The van der Waals surface area contributed by atoms with Gasteiger partial charge in [-0.2, -0.15) is 0 Å². The third-order valence-electron chi connectivity index (χ3n) is 3.26. The molecule has 1 aliphatic heterocycles. The van der Waals surface area contributed by atoms with Crippen LogP contribution >= 0.6 is 11.8 Å². The van der Waals surface area contributed by atoms with Gasteiger partial charge in [0.2, 0.25) is 0 Å². The molecule has 0 saturated carbocycles. The molecule has 0 aromatic carbocycles. The number of hydrazine groups is 1. The van der Waals surface area contributed by atoms with Gasteiger partial charge in [0.15, 0.2) is 0 Å². The molecule has 0 aromatic heterocycles. The zero-order valence-electron chi connectivity index (χ0n) is 14.5. The molecule has 0 bridgehead atoms. The lowest BCUT2D eigenvalue weighted by molar-refractivity contribution is 0.0155. The van der Waals surface area contributed by atoms with Crippen LogP contribution in [0.5, 0.6) is 0 Å². The molecule has 6 nitrogen and oxygen atoms in total. The maximum Gasteiger partial charge on any atom is 0.410 e. The molecule has 1 heterocycles. The van der Waals surface area contributed by atoms with Crippen LogP contribution in [-0.4, -0.2) is 77.3 Å². The maximum absolute atomic E-state index is 12.0. The summed E-state index contributed by atoms with van der Waals surface area (Å²) in [6.45, 7) is 13.4. The van der Waals surface area contributed by atoms with Gasteiger partial charge in [-0.25, -0.2) is 4.79 Å². The molecular weight excluding hydrogens is 316 g/mol. The van der Waals surface area contributed by atoms with Crippen molar-refractivity contribution in [1.82, 2.24) is 19.3 Å². The summed E-state index contributed by atoms with van der Waals surface area (Å²) < 4.78 is 6.80. The van der Waals surface area contributed by atoms with Crippen molar-refractivity contribution in [1.29, 1.82) is 0 Å². The van der Waals surface area contributed by atoms with Crippen LogP contribution < -0.4 is 0 Å². The van der Waals surface area contributed by atoms with E-state index in [4.69, 9.17) is 16.5 Å². The van der Waals surface area contributed by atoms with Gasteiger partial charge in [-0.1, -0.05) is 18.4 Å². The lowest BCUT2D eigenvalue weighted by atomic mass is 10.2. The second-order valence-corrected chi connectivity index (χ2v) is 6.81. The highest BCUT2D eigenvalue weighted by Gasteiger charge is 2.25. The first-order chi connectivity index (χ1) is 10.7. The molecule has 0 aromatic rings. The van der Waals surface area contributed by atoms with Crippen LogP contribution in [0.15, 0.2) is 12.8 Å². The normalized spacial score (nSPS) is 15.8. The number of carbonyl (C=O) groups is 1.